The molecule has 3 atom stereocenters. The first-order valence-corrected chi connectivity index (χ1v) is 13.2. The maximum absolute atomic E-state index is 13.7. The lowest BCUT2D eigenvalue weighted by molar-refractivity contribution is -0.168. The van der Waals surface area contributed by atoms with Crippen LogP contribution in [0.25, 0.3) is 16.7 Å². The summed E-state index contributed by atoms with van der Waals surface area (Å²) in [6.45, 7) is 7.08. The normalized spacial score (nSPS) is 25.4. The Balaban J connectivity index is 1.54. The number of carbonyl (C=O) groups is 1. The van der Waals surface area contributed by atoms with Crippen LogP contribution in [0.3, 0.4) is 0 Å². The Morgan fingerprint density at radius 3 is 2.55 bits per heavy atom. The minimum atomic E-state index is -4.38. The molecule has 2 unspecified atom stereocenters. The quantitative estimate of drug-likeness (QED) is 0.538. The van der Waals surface area contributed by atoms with Gasteiger partial charge in [0.15, 0.2) is 5.65 Å². The number of amides is 1. The van der Waals surface area contributed by atoms with Crippen molar-refractivity contribution in [1.29, 1.82) is 0 Å². The largest absolute Gasteiger partial charge is 0.395 e. The summed E-state index contributed by atoms with van der Waals surface area (Å²) < 4.78 is 42.6. The highest BCUT2D eigenvalue weighted by Gasteiger charge is 2.44. The maximum atomic E-state index is 13.7. The van der Waals surface area contributed by atoms with Gasteiger partial charge in [-0.25, -0.2) is 4.68 Å². The first-order chi connectivity index (χ1) is 17.9. The van der Waals surface area contributed by atoms with Gasteiger partial charge in [-0.05, 0) is 51.5 Å². The summed E-state index contributed by atoms with van der Waals surface area (Å²) in [4.78, 5) is 23.9. The average molecular weight is 534 g/mol. The van der Waals surface area contributed by atoms with Gasteiger partial charge >= 0.3 is 6.18 Å². The molecule has 38 heavy (non-hydrogen) atoms. The van der Waals surface area contributed by atoms with E-state index in [4.69, 9.17) is 4.98 Å². The number of hydrogen-bond acceptors (Lipinski definition) is 7. The topological polar surface area (TPSA) is 108 Å². The molecule has 2 aromatic heterocycles. The molecule has 2 aromatic rings. The van der Waals surface area contributed by atoms with E-state index in [1.807, 2.05) is 13.8 Å². The van der Waals surface area contributed by atoms with Crippen molar-refractivity contribution in [2.24, 2.45) is 17.8 Å². The van der Waals surface area contributed by atoms with Gasteiger partial charge in [-0.1, -0.05) is 19.1 Å². The second-order valence-corrected chi connectivity index (χ2v) is 11.0. The SMILES string of the molecule is CC1C(n2ncc3c(N4CCC(C(C)(C)O)CC4)nc(N[C@H]4CCCNC4=O)nc32)=CC=CC1C(F)(F)F. The molecule has 0 saturated carbocycles. The number of aliphatic hydroxyl groups is 1. The molecule has 206 valence electrons. The van der Waals surface area contributed by atoms with E-state index in [1.165, 1.54) is 23.8 Å². The number of rotatable bonds is 5. The lowest BCUT2D eigenvalue weighted by Gasteiger charge is -2.38. The summed E-state index contributed by atoms with van der Waals surface area (Å²) in [7, 11) is 0. The zero-order valence-electron chi connectivity index (χ0n) is 21.8. The van der Waals surface area contributed by atoms with Crippen LogP contribution in [-0.4, -0.2) is 68.2 Å². The first kappa shape index (κ1) is 26.5. The number of hydrogen-bond donors (Lipinski definition) is 3. The summed E-state index contributed by atoms with van der Waals surface area (Å²) in [5.74, 6) is -1.66. The number of nitrogens with zero attached hydrogens (tertiary/aromatic N) is 5. The van der Waals surface area contributed by atoms with E-state index in [0.717, 1.165) is 19.3 Å². The van der Waals surface area contributed by atoms with Gasteiger partial charge in [0.1, 0.15) is 11.9 Å². The number of alkyl halides is 3. The molecule has 2 saturated heterocycles. The number of aromatic nitrogens is 4. The molecule has 3 aliphatic rings. The fraction of sp³-hybridized carbons (Fsp3) is 0.615. The van der Waals surface area contributed by atoms with Crippen molar-refractivity contribution in [1.82, 2.24) is 25.1 Å². The van der Waals surface area contributed by atoms with Crippen LogP contribution < -0.4 is 15.5 Å². The Morgan fingerprint density at radius 1 is 1.16 bits per heavy atom. The molecule has 2 fully saturated rings. The molecule has 0 radical (unpaired) electrons. The van der Waals surface area contributed by atoms with Gasteiger partial charge in [0.25, 0.3) is 0 Å². The lowest BCUT2D eigenvalue weighted by Crippen LogP contribution is -2.45. The van der Waals surface area contributed by atoms with Crippen molar-refractivity contribution in [2.45, 2.75) is 64.3 Å². The third kappa shape index (κ3) is 5.10. The summed E-state index contributed by atoms with van der Waals surface area (Å²) in [5.41, 5.74) is -0.0187. The molecular formula is C26H34F3N7O2. The van der Waals surface area contributed by atoms with Crippen molar-refractivity contribution in [2.75, 3.05) is 29.9 Å². The second-order valence-electron chi connectivity index (χ2n) is 11.0. The van der Waals surface area contributed by atoms with Crippen LogP contribution in [0.15, 0.2) is 24.4 Å². The van der Waals surface area contributed by atoms with E-state index in [-0.39, 0.29) is 17.8 Å². The predicted octanol–water partition coefficient (Wildman–Crippen LogP) is 3.73. The van der Waals surface area contributed by atoms with Gasteiger partial charge in [0.05, 0.1) is 23.1 Å². The van der Waals surface area contributed by atoms with Crippen LogP contribution in [0.2, 0.25) is 0 Å². The fourth-order valence-corrected chi connectivity index (χ4v) is 5.68. The molecule has 3 N–H and O–H groups in total. The van der Waals surface area contributed by atoms with Crippen LogP contribution in [0, 0.1) is 17.8 Å². The summed E-state index contributed by atoms with van der Waals surface area (Å²) in [6.07, 6.45) is 4.39. The molecule has 5 rings (SSSR count). The average Bonchev–Trinajstić information content (AvgIpc) is 3.28. The zero-order valence-corrected chi connectivity index (χ0v) is 21.8. The van der Waals surface area contributed by atoms with E-state index in [9.17, 15) is 23.1 Å². The van der Waals surface area contributed by atoms with Gasteiger partial charge in [0.2, 0.25) is 11.9 Å². The molecule has 0 bridgehead atoms. The summed E-state index contributed by atoms with van der Waals surface area (Å²) in [5, 5.41) is 21.5. The number of carbonyl (C=O) groups excluding carboxylic acids is 1. The van der Waals surface area contributed by atoms with E-state index in [1.54, 1.807) is 12.3 Å². The van der Waals surface area contributed by atoms with Crippen molar-refractivity contribution >= 4 is 34.4 Å². The van der Waals surface area contributed by atoms with Crippen molar-refractivity contribution in [3.63, 3.8) is 0 Å². The monoisotopic (exact) mass is 533 g/mol. The molecule has 2 aliphatic heterocycles. The molecule has 9 nitrogen and oxygen atoms in total. The van der Waals surface area contributed by atoms with E-state index in [2.05, 4.69) is 25.6 Å². The van der Waals surface area contributed by atoms with Crippen LogP contribution >= 0.6 is 0 Å². The van der Waals surface area contributed by atoms with Crippen molar-refractivity contribution in [3.05, 3.63) is 24.4 Å². The van der Waals surface area contributed by atoms with Crippen molar-refractivity contribution in [3.8, 4) is 0 Å². The lowest BCUT2D eigenvalue weighted by atomic mass is 9.83. The Kier molecular flexibility index (Phi) is 6.87. The third-order valence-corrected chi connectivity index (χ3v) is 8.00. The number of fused-ring (bicyclic) bond motifs is 1. The fourth-order valence-electron chi connectivity index (χ4n) is 5.68. The van der Waals surface area contributed by atoms with Gasteiger partial charge < -0.3 is 20.6 Å². The van der Waals surface area contributed by atoms with Gasteiger partial charge in [-0.15, -0.1) is 0 Å². The standard InChI is InChI=1S/C26H34F3N7O2/c1-15-18(26(27,28)29)6-4-8-20(15)36-22-17(14-31-36)21(35-12-9-16(10-13-35)25(2,3)38)33-24(34-22)32-19-7-5-11-30-23(19)37/h4,6,8,14-16,18-19,38H,5,7,9-13H2,1-3H3,(H,30,37)(H,32,33,34)/t15?,18?,19-/m0/s1. The Labute approximate surface area is 219 Å². The number of anilines is 2. The van der Waals surface area contributed by atoms with E-state index >= 15 is 0 Å². The maximum Gasteiger partial charge on any atom is 0.395 e. The van der Waals surface area contributed by atoms with Crippen LogP contribution in [0.1, 0.15) is 46.5 Å². The number of allylic oxidation sites excluding steroid dienone is 4. The van der Waals surface area contributed by atoms with Crippen LogP contribution in [0.5, 0.6) is 0 Å². The molecular weight excluding hydrogens is 499 g/mol. The number of halogens is 3. The first-order valence-electron chi connectivity index (χ1n) is 13.2. The minimum absolute atomic E-state index is 0.136. The summed E-state index contributed by atoms with van der Waals surface area (Å²) in [6, 6.07) is -0.503. The number of piperidine rings is 2. The highest BCUT2D eigenvalue weighted by atomic mass is 19.4. The van der Waals surface area contributed by atoms with Crippen molar-refractivity contribution < 1.29 is 23.1 Å². The Bertz CT molecular complexity index is 1260. The number of nitrogens with one attached hydrogen (secondary N) is 2. The molecule has 4 heterocycles. The molecule has 1 aliphatic carbocycles. The van der Waals surface area contributed by atoms with E-state index in [0.29, 0.717) is 48.6 Å². The Hall–Kier alpha value is -3.15. The van der Waals surface area contributed by atoms with Crippen LogP contribution in [-0.2, 0) is 4.79 Å². The highest BCUT2D eigenvalue weighted by molar-refractivity contribution is 5.91. The third-order valence-electron chi connectivity index (χ3n) is 8.00. The molecule has 12 heteroatoms. The highest BCUT2D eigenvalue weighted by Crippen LogP contribution is 2.41. The zero-order chi connectivity index (χ0) is 27.2. The molecule has 0 aromatic carbocycles. The predicted molar refractivity (Wildman–Crippen MR) is 138 cm³/mol. The van der Waals surface area contributed by atoms with Gasteiger partial charge in [-0.2, -0.15) is 28.2 Å². The minimum Gasteiger partial charge on any atom is -0.390 e. The van der Waals surface area contributed by atoms with Gasteiger partial charge in [0, 0.05) is 31.2 Å². The summed E-state index contributed by atoms with van der Waals surface area (Å²) >= 11 is 0. The molecule has 1 amide bonds. The van der Waals surface area contributed by atoms with E-state index < -0.39 is 29.7 Å². The molecule has 0 spiro atoms. The second kappa shape index (κ2) is 9.87. The Morgan fingerprint density at radius 2 is 1.89 bits per heavy atom. The smallest absolute Gasteiger partial charge is 0.390 e. The van der Waals surface area contributed by atoms with Crippen LogP contribution in [0.4, 0.5) is 24.9 Å². The van der Waals surface area contributed by atoms with Gasteiger partial charge in [-0.3, -0.25) is 4.79 Å².